The summed E-state index contributed by atoms with van der Waals surface area (Å²) in [6.07, 6.45) is 0.226. The van der Waals surface area contributed by atoms with Crippen molar-refractivity contribution in [3.05, 3.63) is 39.7 Å². The van der Waals surface area contributed by atoms with Crippen molar-refractivity contribution in [1.82, 2.24) is 0 Å². The zero-order valence-corrected chi connectivity index (χ0v) is 15.8. The smallest absolute Gasteiger partial charge is 0.341 e. The van der Waals surface area contributed by atoms with Gasteiger partial charge < -0.3 is 15.2 Å². The third-order valence-corrected chi connectivity index (χ3v) is 4.81. The Hall–Kier alpha value is -2.19. The highest BCUT2D eigenvalue weighted by atomic mass is 79.9. The molecule has 0 radical (unpaired) electrons. The number of methoxy groups -OCH3 is 1. The Kier molecular flexibility index (Phi) is 6.72. The summed E-state index contributed by atoms with van der Waals surface area (Å²) in [5, 5.41) is 13.5. The lowest BCUT2D eigenvalue weighted by atomic mass is 10.0. The number of thiophene rings is 1. The fourth-order valence-electron chi connectivity index (χ4n) is 2.19. The van der Waals surface area contributed by atoms with Gasteiger partial charge >= 0.3 is 11.9 Å². The largest absolute Gasteiger partial charge is 0.481 e. The molecule has 1 aromatic heterocycles. The molecule has 1 amide bonds. The van der Waals surface area contributed by atoms with Crippen LogP contribution in [-0.4, -0.2) is 30.1 Å². The molecule has 0 aliphatic carbocycles. The van der Waals surface area contributed by atoms with Crippen molar-refractivity contribution in [2.75, 3.05) is 12.4 Å². The van der Waals surface area contributed by atoms with Crippen LogP contribution in [0.5, 0.6) is 0 Å². The van der Waals surface area contributed by atoms with E-state index in [0.717, 1.165) is 10.0 Å². The Morgan fingerprint density at radius 2 is 1.88 bits per heavy atom. The van der Waals surface area contributed by atoms with Gasteiger partial charge in [0.25, 0.3) is 0 Å². The highest BCUT2D eigenvalue weighted by Gasteiger charge is 2.22. The van der Waals surface area contributed by atoms with Crippen LogP contribution in [-0.2, 0) is 14.3 Å². The summed E-state index contributed by atoms with van der Waals surface area (Å²) < 4.78 is 5.76. The number of benzene rings is 1. The fourth-order valence-corrected chi connectivity index (χ4v) is 3.42. The van der Waals surface area contributed by atoms with Crippen molar-refractivity contribution in [2.24, 2.45) is 0 Å². The van der Waals surface area contributed by atoms with E-state index in [1.54, 1.807) is 5.38 Å². The lowest BCUT2D eigenvalue weighted by Crippen LogP contribution is -2.14. The summed E-state index contributed by atoms with van der Waals surface area (Å²) >= 11 is 4.59. The molecule has 0 unspecified atom stereocenters. The summed E-state index contributed by atoms with van der Waals surface area (Å²) in [7, 11) is 1.28. The van der Waals surface area contributed by atoms with E-state index in [4.69, 9.17) is 9.84 Å². The predicted octanol–water partition coefficient (Wildman–Crippen LogP) is 4.16. The molecule has 25 heavy (non-hydrogen) atoms. The van der Waals surface area contributed by atoms with E-state index in [-0.39, 0.29) is 25.2 Å². The predicted molar refractivity (Wildman–Crippen MR) is 98.9 cm³/mol. The molecule has 0 spiro atoms. The molecule has 0 bridgehead atoms. The Labute approximate surface area is 156 Å². The van der Waals surface area contributed by atoms with Gasteiger partial charge in [-0.2, -0.15) is 0 Å². The van der Waals surface area contributed by atoms with Crippen LogP contribution in [0.2, 0.25) is 0 Å². The number of esters is 1. The molecule has 132 valence electrons. The van der Waals surface area contributed by atoms with Crippen LogP contribution in [0.1, 0.15) is 29.6 Å². The number of amides is 1. The maximum atomic E-state index is 12.2. The van der Waals surface area contributed by atoms with Crippen molar-refractivity contribution in [3.63, 3.8) is 0 Å². The zero-order valence-electron chi connectivity index (χ0n) is 13.4. The first kappa shape index (κ1) is 19.1. The first-order valence-corrected chi connectivity index (χ1v) is 9.07. The van der Waals surface area contributed by atoms with Crippen LogP contribution in [0, 0.1) is 0 Å². The number of carboxylic acids is 1. The monoisotopic (exact) mass is 425 g/mol. The second-order valence-electron chi connectivity index (χ2n) is 5.15. The van der Waals surface area contributed by atoms with E-state index >= 15 is 0 Å². The van der Waals surface area contributed by atoms with Crippen molar-refractivity contribution in [3.8, 4) is 11.1 Å². The summed E-state index contributed by atoms with van der Waals surface area (Å²) in [5.74, 6) is -1.83. The highest BCUT2D eigenvalue weighted by molar-refractivity contribution is 9.10. The number of aliphatic carboxylic acids is 1. The first-order chi connectivity index (χ1) is 11.9. The minimum absolute atomic E-state index is 0.0679. The molecule has 2 N–H and O–H groups in total. The van der Waals surface area contributed by atoms with Crippen LogP contribution in [0.3, 0.4) is 0 Å². The molecule has 0 saturated carbocycles. The van der Waals surface area contributed by atoms with Gasteiger partial charge in [0, 0.05) is 28.3 Å². The van der Waals surface area contributed by atoms with Gasteiger partial charge in [0.15, 0.2) is 0 Å². The van der Waals surface area contributed by atoms with Crippen LogP contribution in [0.4, 0.5) is 5.00 Å². The van der Waals surface area contributed by atoms with E-state index in [2.05, 4.69) is 21.2 Å². The SMILES string of the molecule is COC(=O)c1c(-c2ccc(Br)cc2)csc1NC(=O)CCCC(=O)O. The van der Waals surface area contributed by atoms with Gasteiger partial charge in [-0.05, 0) is 24.1 Å². The van der Waals surface area contributed by atoms with Gasteiger partial charge in [-0.15, -0.1) is 11.3 Å². The lowest BCUT2D eigenvalue weighted by molar-refractivity contribution is -0.137. The maximum Gasteiger partial charge on any atom is 0.341 e. The minimum Gasteiger partial charge on any atom is -0.481 e. The standard InChI is InChI=1S/C17H16BrNO5S/c1-24-17(23)15-12(10-5-7-11(18)8-6-10)9-25-16(15)19-13(20)3-2-4-14(21)22/h5-9H,2-4H2,1H3,(H,19,20)(H,21,22). The first-order valence-electron chi connectivity index (χ1n) is 7.39. The van der Waals surface area contributed by atoms with Gasteiger partial charge in [0.2, 0.25) is 5.91 Å². The van der Waals surface area contributed by atoms with E-state index in [0.29, 0.717) is 16.1 Å². The van der Waals surface area contributed by atoms with Crippen LogP contribution in [0.15, 0.2) is 34.1 Å². The van der Waals surface area contributed by atoms with Crippen LogP contribution < -0.4 is 5.32 Å². The topological polar surface area (TPSA) is 92.7 Å². The fraction of sp³-hybridized carbons (Fsp3) is 0.235. The Morgan fingerprint density at radius 3 is 2.48 bits per heavy atom. The molecule has 8 heteroatoms. The Morgan fingerprint density at radius 1 is 1.20 bits per heavy atom. The number of anilines is 1. The molecule has 2 aromatic rings. The quantitative estimate of drug-likeness (QED) is 0.649. The zero-order chi connectivity index (χ0) is 18.4. The number of halogens is 1. The third kappa shape index (κ3) is 5.14. The van der Waals surface area contributed by atoms with E-state index in [1.165, 1.54) is 18.4 Å². The van der Waals surface area contributed by atoms with Crippen molar-refractivity contribution >= 4 is 50.1 Å². The molecular formula is C17H16BrNO5S. The molecule has 0 saturated heterocycles. The molecule has 0 atom stereocenters. The Balaban J connectivity index is 2.24. The maximum absolute atomic E-state index is 12.2. The van der Waals surface area contributed by atoms with Gasteiger partial charge in [-0.1, -0.05) is 28.1 Å². The van der Waals surface area contributed by atoms with Gasteiger partial charge in [0.1, 0.15) is 10.6 Å². The van der Waals surface area contributed by atoms with Gasteiger partial charge in [-0.3, -0.25) is 9.59 Å². The molecule has 0 aliphatic heterocycles. The van der Waals surface area contributed by atoms with E-state index < -0.39 is 11.9 Å². The molecule has 1 heterocycles. The van der Waals surface area contributed by atoms with Crippen LogP contribution >= 0.6 is 27.3 Å². The average Bonchev–Trinajstić information content (AvgIpc) is 2.98. The summed E-state index contributed by atoms with van der Waals surface area (Å²) in [6.45, 7) is 0. The third-order valence-electron chi connectivity index (χ3n) is 3.38. The second kappa shape index (κ2) is 8.77. The van der Waals surface area contributed by atoms with Crippen molar-refractivity contribution in [2.45, 2.75) is 19.3 Å². The summed E-state index contributed by atoms with van der Waals surface area (Å²) in [4.78, 5) is 34.7. The molecular weight excluding hydrogens is 410 g/mol. The molecule has 6 nitrogen and oxygen atoms in total. The summed E-state index contributed by atoms with van der Waals surface area (Å²) in [6, 6.07) is 7.44. The van der Waals surface area contributed by atoms with E-state index in [9.17, 15) is 14.4 Å². The van der Waals surface area contributed by atoms with E-state index in [1.807, 2.05) is 24.3 Å². The number of carbonyl (C=O) groups is 3. The number of carbonyl (C=O) groups excluding carboxylic acids is 2. The molecule has 2 rings (SSSR count). The highest BCUT2D eigenvalue weighted by Crippen LogP contribution is 2.36. The number of hydrogen-bond donors (Lipinski definition) is 2. The van der Waals surface area contributed by atoms with Gasteiger partial charge in [-0.25, -0.2) is 4.79 Å². The Bertz CT molecular complexity index is 785. The second-order valence-corrected chi connectivity index (χ2v) is 6.94. The van der Waals surface area contributed by atoms with Crippen molar-refractivity contribution < 1.29 is 24.2 Å². The molecule has 1 aromatic carbocycles. The molecule has 0 aliphatic rings. The number of ether oxygens (including phenoxy) is 1. The summed E-state index contributed by atoms with van der Waals surface area (Å²) in [5.41, 5.74) is 1.79. The number of hydrogen-bond acceptors (Lipinski definition) is 5. The van der Waals surface area contributed by atoms with Gasteiger partial charge in [0.05, 0.1) is 7.11 Å². The minimum atomic E-state index is -0.948. The normalized spacial score (nSPS) is 10.3. The number of nitrogens with one attached hydrogen (secondary N) is 1. The molecule has 0 fully saturated rings. The lowest BCUT2D eigenvalue weighted by Gasteiger charge is -2.08. The van der Waals surface area contributed by atoms with Crippen LogP contribution in [0.25, 0.3) is 11.1 Å². The van der Waals surface area contributed by atoms with Crippen molar-refractivity contribution in [1.29, 1.82) is 0 Å². The number of carboxylic acid groups (broad SMARTS) is 1. The average molecular weight is 426 g/mol. The number of rotatable bonds is 7.